The second-order valence-corrected chi connectivity index (χ2v) is 7.08. The Morgan fingerprint density at radius 1 is 1.12 bits per heavy atom. The molecule has 0 atom stereocenters. The van der Waals surface area contributed by atoms with E-state index in [0.29, 0.717) is 16.4 Å². The van der Waals surface area contributed by atoms with Crippen molar-refractivity contribution in [3.8, 4) is 11.4 Å². The number of benzene rings is 2. The minimum Gasteiger partial charge on any atom is -0.375 e. The predicted molar refractivity (Wildman–Crippen MR) is 120 cm³/mol. The van der Waals surface area contributed by atoms with Gasteiger partial charge in [0.05, 0.1) is 4.92 Å². The molecule has 2 aromatic carbocycles. The molecule has 0 fully saturated rings. The third-order valence-corrected chi connectivity index (χ3v) is 4.90. The number of hydrogen-bond donors (Lipinski definition) is 3. The number of nitro groups is 1. The van der Waals surface area contributed by atoms with Gasteiger partial charge in [-0.1, -0.05) is 35.0 Å². The first-order chi connectivity index (χ1) is 16.0. The van der Waals surface area contributed by atoms with E-state index in [1.807, 2.05) is 12.1 Å². The van der Waals surface area contributed by atoms with Crippen LogP contribution in [-0.4, -0.2) is 26.0 Å². The minimum atomic E-state index is -0.626. The number of anilines is 2. The average Bonchev–Trinajstić information content (AvgIpc) is 3.31. The van der Waals surface area contributed by atoms with Gasteiger partial charge in [-0.2, -0.15) is 4.98 Å². The Morgan fingerprint density at radius 3 is 2.67 bits per heavy atom. The number of carbonyl (C=O) groups is 1. The lowest BCUT2D eigenvalue weighted by molar-refractivity contribution is -0.384. The van der Waals surface area contributed by atoms with Gasteiger partial charge in [-0.05, 0) is 35.9 Å². The van der Waals surface area contributed by atoms with E-state index in [9.17, 15) is 14.9 Å². The van der Waals surface area contributed by atoms with Gasteiger partial charge in [-0.3, -0.25) is 25.3 Å². The van der Waals surface area contributed by atoms with E-state index in [0.717, 1.165) is 5.56 Å². The number of halogens is 1. The van der Waals surface area contributed by atoms with Crippen molar-refractivity contribution in [2.24, 2.45) is 0 Å². The van der Waals surface area contributed by atoms with Crippen LogP contribution in [0.1, 0.15) is 15.9 Å². The molecule has 4 aromatic rings. The Labute approximate surface area is 191 Å². The van der Waals surface area contributed by atoms with Crippen molar-refractivity contribution in [3.05, 3.63) is 93.3 Å². The standard InChI is InChI=1S/C21H16ClN7O4/c22-16-4-2-1-3-15(16)12-24-17-6-5-14(11-18(17)29(31)32)20(30)26-27-21-25-19(28-33-21)13-7-9-23-10-8-13/h1-11,24H,12H2,(H,26,30)(H,25,27,28). The van der Waals surface area contributed by atoms with E-state index < -0.39 is 10.8 Å². The lowest BCUT2D eigenvalue weighted by Crippen LogP contribution is -2.29. The van der Waals surface area contributed by atoms with Gasteiger partial charge in [0.25, 0.3) is 11.6 Å². The number of amides is 1. The van der Waals surface area contributed by atoms with Crippen molar-refractivity contribution in [2.45, 2.75) is 6.54 Å². The zero-order valence-electron chi connectivity index (χ0n) is 16.9. The van der Waals surface area contributed by atoms with Crippen LogP contribution in [0.5, 0.6) is 0 Å². The second-order valence-electron chi connectivity index (χ2n) is 6.67. The van der Waals surface area contributed by atoms with E-state index in [2.05, 4.69) is 31.3 Å². The maximum atomic E-state index is 12.5. The molecule has 0 aliphatic heterocycles. The molecule has 3 N–H and O–H groups in total. The lowest BCUT2D eigenvalue weighted by atomic mass is 10.1. The molecule has 12 heteroatoms. The molecule has 166 valence electrons. The number of pyridine rings is 1. The smallest absolute Gasteiger partial charge is 0.340 e. The maximum absolute atomic E-state index is 12.5. The van der Waals surface area contributed by atoms with Crippen LogP contribution >= 0.6 is 11.6 Å². The Bertz CT molecular complexity index is 1300. The molecule has 0 radical (unpaired) electrons. The molecule has 11 nitrogen and oxygen atoms in total. The van der Waals surface area contributed by atoms with E-state index in [1.54, 1.807) is 36.7 Å². The minimum absolute atomic E-state index is 0.0531. The number of nitrogens with one attached hydrogen (secondary N) is 3. The Hall–Kier alpha value is -4.51. The van der Waals surface area contributed by atoms with Crippen LogP contribution in [0.2, 0.25) is 5.02 Å². The van der Waals surface area contributed by atoms with Gasteiger partial charge in [0.15, 0.2) is 0 Å². The summed E-state index contributed by atoms with van der Waals surface area (Å²) in [6.45, 7) is 0.282. The Kier molecular flexibility index (Phi) is 6.41. The summed E-state index contributed by atoms with van der Waals surface area (Å²) in [5.41, 5.74) is 6.39. The van der Waals surface area contributed by atoms with Crippen LogP contribution in [0.4, 0.5) is 17.4 Å². The summed E-state index contributed by atoms with van der Waals surface area (Å²) in [5, 5.41) is 18.9. The molecule has 2 heterocycles. The number of hydrazine groups is 1. The molecule has 33 heavy (non-hydrogen) atoms. The van der Waals surface area contributed by atoms with Crippen molar-refractivity contribution >= 4 is 34.9 Å². The molecule has 0 bridgehead atoms. The third kappa shape index (κ3) is 5.22. The second kappa shape index (κ2) is 9.75. The van der Waals surface area contributed by atoms with Crippen molar-refractivity contribution in [3.63, 3.8) is 0 Å². The van der Waals surface area contributed by atoms with Crippen LogP contribution in [0.3, 0.4) is 0 Å². The van der Waals surface area contributed by atoms with Crippen LogP contribution in [-0.2, 0) is 6.54 Å². The van der Waals surface area contributed by atoms with Gasteiger partial charge in [-0.15, -0.1) is 0 Å². The molecule has 0 aliphatic carbocycles. The SMILES string of the molecule is O=C(NNc1nc(-c2ccncc2)no1)c1ccc(NCc2ccccc2Cl)c([N+](=O)[O-])c1. The number of nitrogens with zero attached hydrogens (tertiary/aromatic N) is 4. The largest absolute Gasteiger partial charge is 0.375 e. The first-order valence-corrected chi connectivity index (χ1v) is 9.95. The summed E-state index contributed by atoms with van der Waals surface area (Å²) in [7, 11) is 0. The van der Waals surface area contributed by atoms with Crippen molar-refractivity contribution < 1.29 is 14.2 Å². The fraction of sp³-hybridized carbons (Fsp3) is 0.0476. The van der Waals surface area contributed by atoms with Gasteiger partial charge in [0, 0.05) is 41.2 Å². The van der Waals surface area contributed by atoms with Gasteiger partial charge in [0.1, 0.15) is 5.69 Å². The molecular formula is C21H16ClN7O4. The highest BCUT2D eigenvalue weighted by Crippen LogP contribution is 2.27. The third-order valence-electron chi connectivity index (χ3n) is 4.53. The van der Waals surface area contributed by atoms with E-state index in [-0.39, 0.29) is 29.5 Å². The fourth-order valence-electron chi connectivity index (χ4n) is 2.88. The Balaban J connectivity index is 1.42. The number of hydrogen-bond acceptors (Lipinski definition) is 9. The molecule has 0 saturated heterocycles. The highest BCUT2D eigenvalue weighted by Gasteiger charge is 2.18. The van der Waals surface area contributed by atoms with E-state index in [1.165, 1.54) is 18.2 Å². The van der Waals surface area contributed by atoms with Gasteiger partial charge in [0.2, 0.25) is 5.82 Å². The normalized spacial score (nSPS) is 10.5. The van der Waals surface area contributed by atoms with Crippen molar-refractivity contribution in [1.29, 1.82) is 0 Å². The van der Waals surface area contributed by atoms with Crippen molar-refractivity contribution in [2.75, 3.05) is 10.7 Å². The predicted octanol–water partition coefficient (Wildman–Crippen LogP) is 4.06. The fourth-order valence-corrected chi connectivity index (χ4v) is 3.08. The molecule has 0 unspecified atom stereocenters. The maximum Gasteiger partial charge on any atom is 0.340 e. The molecule has 0 aliphatic rings. The molecular weight excluding hydrogens is 450 g/mol. The molecule has 2 aromatic heterocycles. The molecule has 0 spiro atoms. The van der Waals surface area contributed by atoms with Crippen LogP contribution < -0.4 is 16.2 Å². The summed E-state index contributed by atoms with van der Waals surface area (Å²) >= 11 is 6.13. The van der Waals surface area contributed by atoms with Crippen molar-refractivity contribution in [1.82, 2.24) is 20.6 Å². The van der Waals surface area contributed by atoms with Crippen LogP contribution in [0, 0.1) is 10.1 Å². The highest BCUT2D eigenvalue weighted by molar-refractivity contribution is 6.31. The van der Waals surface area contributed by atoms with Gasteiger partial charge < -0.3 is 9.84 Å². The van der Waals surface area contributed by atoms with Crippen LogP contribution in [0.25, 0.3) is 11.4 Å². The van der Waals surface area contributed by atoms with E-state index >= 15 is 0 Å². The number of nitro benzene ring substituents is 1. The first-order valence-electron chi connectivity index (χ1n) is 9.57. The molecule has 0 saturated carbocycles. The topological polar surface area (TPSA) is 148 Å². The zero-order chi connectivity index (χ0) is 23.2. The molecule has 1 amide bonds. The number of carbonyl (C=O) groups excluding carboxylic acids is 1. The number of rotatable bonds is 8. The first kappa shape index (κ1) is 21.7. The quantitative estimate of drug-likeness (QED) is 0.258. The monoisotopic (exact) mass is 465 g/mol. The molecule has 4 rings (SSSR count). The Morgan fingerprint density at radius 2 is 1.91 bits per heavy atom. The average molecular weight is 466 g/mol. The summed E-state index contributed by atoms with van der Waals surface area (Å²) in [5.74, 6) is -0.321. The zero-order valence-corrected chi connectivity index (χ0v) is 17.6. The van der Waals surface area contributed by atoms with Crippen LogP contribution in [0.15, 0.2) is 71.5 Å². The summed E-state index contributed by atoms with van der Waals surface area (Å²) in [6, 6.07) is 14.6. The van der Waals surface area contributed by atoms with Gasteiger partial charge >= 0.3 is 6.01 Å². The summed E-state index contributed by atoms with van der Waals surface area (Å²) in [6.07, 6.45) is 3.17. The number of aromatic nitrogens is 3. The van der Waals surface area contributed by atoms with E-state index in [4.69, 9.17) is 16.1 Å². The van der Waals surface area contributed by atoms with Gasteiger partial charge in [-0.25, -0.2) is 5.43 Å². The summed E-state index contributed by atoms with van der Waals surface area (Å²) in [4.78, 5) is 31.5. The lowest BCUT2D eigenvalue weighted by Gasteiger charge is -2.10. The highest BCUT2D eigenvalue weighted by atomic mass is 35.5. The summed E-state index contributed by atoms with van der Waals surface area (Å²) < 4.78 is 5.03.